The van der Waals surface area contributed by atoms with Gasteiger partial charge in [-0.2, -0.15) is 0 Å². The van der Waals surface area contributed by atoms with Crippen molar-refractivity contribution in [3.05, 3.63) is 29.1 Å². The number of carbonyl (C=O) groups excluding carboxylic acids is 1. The molecule has 0 spiro atoms. The molecular weight excluding hydrogens is 183 g/mol. The van der Waals surface area contributed by atoms with Crippen LogP contribution in [0.4, 0.5) is 4.39 Å². The lowest BCUT2D eigenvalue weighted by Gasteiger charge is -2.06. The molecule has 0 radical (unpaired) electrons. The Kier molecular flexibility index (Phi) is 2.23. The summed E-state index contributed by atoms with van der Waals surface area (Å²) in [6.45, 7) is 2.05. The molecule has 0 atom stereocenters. The first-order valence-corrected chi connectivity index (χ1v) is 4.61. The molecule has 14 heavy (non-hydrogen) atoms. The lowest BCUT2D eigenvalue weighted by molar-refractivity contribution is -0.116. The maximum Gasteiger partial charge on any atom is 0.134 e. The van der Waals surface area contributed by atoms with Crippen molar-refractivity contribution in [2.24, 2.45) is 0 Å². The van der Waals surface area contributed by atoms with Crippen LogP contribution in [0.5, 0.6) is 5.75 Å². The van der Waals surface area contributed by atoms with Crippen molar-refractivity contribution in [2.75, 3.05) is 6.61 Å². The second kappa shape index (κ2) is 3.40. The van der Waals surface area contributed by atoms with Crippen LogP contribution in [0.3, 0.4) is 0 Å². The molecule has 0 unspecified atom stereocenters. The van der Waals surface area contributed by atoms with E-state index in [4.69, 9.17) is 4.74 Å². The molecule has 0 aliphatic carbocycles. The minimum Gasteiger partial charge on any atom is -0.493 e. The van der Waals surface area contributed by atoms with Gasteiger partial charge in [0.25, 0.3) is 0 Å². The van der Waals surface area contributed by atoms with Crippen molar-refractivity contribution in [3.63, 3.8) is 0 Å². The summed E-state index contributed by atoms with van der Waals surface area (Å²) in [5, 5.41) is 0. The number of Topliss-reactive ketones (excluding diaryl/α,β-unsaturated/α-hetero) is 1. The Hall–Kier alpha value is -1.38. The maximum atomic E-state index is 13.4. The molecule has 74 valence electrons. The van der Waals surface area contributed by atoms with E-state index in [1.54, 1.807) is 6.07 Å². The third-order valence-corrected chi connectivity index (χ3v) is 2.37. The lowest BCUT2D eigenvalue weighted by atomic mass is 10.00. The number of hydrogen-bond acceptors (Lipinski definition) is 2. The number of hydrogen-bond donors (Lipinski definition) is 0. The molecule has 0 fully saturated rings. The number of halogens is 1. The van der Waals surface area contributed by atoms with E-state index < -0.39 is 0 Å². The van der Waals surface area contributed by atoms with E-state index in [0.717, 1.165) is 11.3 Å². The largest absolute Gasteiger partial charge is 0.493 e. The Balaban J connectivity index is 2.46. The van der Waals surface area contributed by atoms with Crippen LogP contribution in [0.1, 0.15) is 18.1 Å². The lowest BCUT2D eigenvalue weighted by Crippen LogP contribution is -2.02. The van der Waals surface area contributed by atoms with Crippen LogP contribution in [0.25, 0.3) is 0 Å². The van der Waals surface area contributed by atoms with Gasteiger partial charge in [-0.3, -0.25) is 4.79 Å². The average Bonchev–Trinajstić information content (AvgIpc) is 2.57. The highest BCUT2D eigenvalue weighted by molar-refractivity contribution is 5.79. The molecule has 0 saturated heterocycles. The number of ketones is 1. The van der Waals surface area contributed by atoms with E-state index in [2.05, 4.69) is 0 Å². The van der Waals surface area contributed by atoms with E-state index in [0.29, 0.717) is 18.6 Å². The number of ether oxygens (including phenoxy) is 1. The van der Waals surface area contributed by atoms with Crippen LogP contribution in [0, 0.1) is 5.82 Å². The van der Waals surface area contributed by atoms with Crippen molar-refractivity contribution in [1.82, 2.24) is 0 Å². The fraction of sp³-hybridized carbons (Fsp3) is 0.364. The molecule has 1 aromatic carbocycles. The first-order valence-electron chi connectivity index (χ1n) is 4.61. The Morgan fingerprint density at radius 3 is 3.07 bits per heavy atom. The summed E-state index contributed by atoms with van der Waals surface area (Å²) >= 11 is 0. The van der Waals surface area contributed by atoms with Crippen LogP contribution >= 0.6 is 0 Å². The molecular formula is C11H11FO2. The summed E-state index contributed by atoms with van der Waals surface area (Å²) in [6.07, 6.45) is 0.869. The topological polar surface area (TPSA) is 26.3 Å². The second-order valence-electron chi connectivity index (χ2n) is 3.48. The van der Waals surface area contributed by atoms with Crippen molar-refractivity contribution in [2.45, 2.75) is 19.8 Å². The van der Waals surface area contributed by atoms with Gasteiger partial charge in [-0.15, -0.1) is 0 Å². The van der Waals surface area contributed by atoms with E-state index in [-0.39, 0.29) is 18.0 Å². The van der Waals surface area contributed by atoms with E-state index >= 15 is 0 Å². The van der Waals surface area contributed by atoms with Gasteiger partial charge < -0.3 is 4.74 Å². The van der Waals surface area contributed by atoms with Crippen LogP contribution < -0.4 is 4.74 Å². The van der Waals surface area contributed by atoms with Gasteiger partial charge in [-0.05, 0) is 19.1 Å². The number of rotatable bonds is 2. The predicted molar refractivity (Wildman–Crippen MR) is 50.0 cm³/mol. The zero-order valence-electron chi connectivity index (χ0n) is 7.97. The minimum absolute atomic E-state index is 0.0239. The standard InChI is InChI=1S/C11H11FO2/c1-7(13)6-9-8-4-5-14-11(8)3-2-10(9)12/h2-3H,4-6H2,1H3. The smallest absolute Gasteiger partial charge is 0.134 e. The molecule has 1 heterocycles. The van der Waals surface area contributed by atoms with Gasteiger partial charge in [0.15, 0.2) is 0 Å². The van der Waals surface area contributed by atoms with Gasteiger partial charge in [-0.25, -0.2) is 4.39 Å². The SMILES string of the molecule is CC(=O)Cc1c(F)ccc2c1CCO2. The van der Waals surface area contributed by atoms with Crippen molar-refractivity contribution >= 4 is 5.78 Å². The number of fused-ring (bicyclic) bond motifs is 1. The summed E-state index contributed by atoms with van der Waals surface area (Å²) < 4.78 is 18.7. The average molecular weight is 194 g/mol. The van der Waals surface area contributed by atoms with Crippen molar-refractivity contribution in [1.29, 1.82) is 0 Å². The predicted octanol–water partition coefficient (Wildman–Crippen LogP) is 1.89. The fourth-order valence-corrected chi connectivity index (χ4v) is 1.76. The molecule has 2 rings (SSSR count). The minimum atomic E-state index is -0.301. The first kappa shape index (κ1) is 9.19. The Labute approximate surface area is 81.7 Å². The van der Waals surface area contributed by atoms with Crippen molar-refractivity contribution in [3.8, 4) is 5.75 Å². The van der Waals surface area contributed by atoms with Gasteiger partial charge in [-0.1, -0.05) is 0 Å². The summed E-state index contributed by atoms with van der Waals surface area (Å²) in [7, 11) is 0. The van der Waals surface area contributed by atoms with Gasteiger partial charge in [0, 0.05) is 24.0 Å². The highest BCUT2D eigenvalue weighted by Gasteiger charge is 2.19. The normalized spacial score (nSPS) is 13.6. The molecule has 0 amide bonds. The molecule has 1 aromatic rings. The number of carbonyl (C=O) groups is 1. The third-order valence-electron chi connectivity index (χ3n) is 2.37. The summed E-state index contributed by atoms with van der Waals surface area (Å²) in [6, 6.07) is 2.99. The van der Waals surface area contributed by atoms with Crippen LogP contribution in [0.15, 0.2) is 12.1 Å². The quantitative estimate of drug-likeness (QED) is 0.718. The van der Waals surface area contributed by atoms with Crippen molar-refractivity contribution < 1.29 is 13.9 Å². The molecule has 1 aliphatic rings. The molecule has 2 nitrogen and oxygen atoms in total. The Bertz CT molecular complexity index is 385. The summed E-state index contributed by atoms with van der Waals surface area (Å²) in [4.78, 5) is 11.0. The second-order valence-corrected chi connectivity index (χ2v) is 3.48. The molecule has 0 bridgehead atoms. The van der Waals surface area contributed by atoms with Gasteiger partial charge in [0.2, 0.25) is 0 Å². The van der Waals surface area contributed by atoms with Crippen LogP contribution in [-0.2, 0) is 17.6 Å². The van der Waals surface area contributed by atoms with E-state index in [9.17, 15) is 9.18 Å². The molecule has 0 N–H and O–H groups in total. The highest BCUT2D eigenvalue weighted by atomic mass is 19.1. The van der Waals surface area contributed by atoms with E-state index in [1.807, 2.05) is 0 Å². The van der Waals surface area contributed by atoms with Crippen LogP contribution in [0.2, 0.25) is 0 Å². The van der Waals surface area contributed by atoms with E-state index in [1.165, 1.54) is 13.0 Å². The molecule has 0 saturated carbocycles. The molecule has 3 heteroatoms. The summed E-state index contributed by atoms with van der Waals surface area (Å²) in [5.41, 5.74) is 1.37. The third kappa shape index (κ3) is 1.50. The molecule has 1 aliphatic heterocycles. The number of benzene rings is 1. The Morgan fingerprint density at radius 2 is 2.36 bits per heavy atom. The first-order chi connectivity index (χ1) is 6.68. The Morgan fingerprint density at radius 1 is 1.57 bits per heavy atom. The van der Waals surface area contributed by atoms with Gasteiger partial charge in [0.1, 0.15) is 17.3 Å². The zero-order valence-corrected chi connectivity index (χ0v) is 7.97. The van der Waals surface area contributed by atoms with Crippen LogP contribution in [-0.4, -0.2) is 12.4 Å². The highest BCUT2D eigenvalue weighted by Crippen LogP contribution is 2.30. The maximum absolute atomic E-state index is 13.4. The summed E-state index contributed by atoms with van der Waals surface area (Å²) in [5.74, 6) is 0.399. The molecule has 0 aromatic heterocycles. The monoisotopic (exact) mass is 194 g/mol. The van der Waals surface area contributed by atoms with Gasteiger partial charge in [0.05, 0.1) is 6.61 Å². The fourth-order valence-electron chi connectivity index (χ4n) is 1.76. The van der Waals surface area contributed by atoms with Gasteiger partial charge >= 0.3 is 0 Å². The zero-order chi connectivity index (χ0) is 10.1.